The van der Waals surface area contributed by atoms with Gasteiger partial charge in [0.05, 0.1) is 5.94 Å². The van der Waals surface area contributed by atoms with Gasteiger partial charge in [0.15, 0.2) is 0 Å². The van der Waals surface area contributed by atoms with Gasteiger partial charge in [-0.05, 0) is 23.8 Å². The fourth-order valence-corrected chi connectivity index (χ4v) is 2.73. The van der Waals surface area contributed by atoms with E-state index in [1.54, 1.807) is 0 Å². The van der Waals surface area contributed by atoms with Gasteiger partial charge in [-0.1, -0.05) is 58.0 Å². The molecule has 1 rings (SSSR count). The van der Waals surface area contributed by atoms with Crippen LogP contribution >= 0.6 is 0 Å². The lowest BCUT2D eigenvalue weighted by molar-refractivity contribution is -0.129. The van der Waals surface area contributed by atoms with Crippen molar-refractivity contribution >= 4 is 18.9 Å². The third-order valence-corrected chi connectivity index (χ3v) is 3.94. The molecule has 0 aromatic heterocycles. The van der Waals surface area contributed by atoms with E-state index in [0.717, 1.165) is 5.56 Å². The molecule has 2 amide bonds. The molecule has 0 saturated carbocycles. The van der Waals surface area contributed by atoms with Gasteiger partial charge >= 0.3 is 7.12 Å². The zero-order valence-electron chi connectivity index (χ0n) is 16.1. The summed E-state index contributed by atoms with van der Waals surface area (Å²) in [5.74, 6) is -1.01. The van der Waals surface area contributed by atoms with Gasteiger partial charge in [-0.2, -0.15) is 0 Å². The first-order valence-electron chi connectivity index (χ1n) is 9.18. The molecule has 0 spiro atoms. The Labute approximate surface area is 156 Å². The van der Waals surface area contributed by atoms with Gasteiger partial charge in [0.25, 0.3) is 0 Å². The Hall–Kier alpha value is -1.86. The van der Waals surface area contributed by atoms with Gasteiger partial charge in [0.1, 0.15) is 6.04 Å². The van der Waals surface area contributed by atoms with Crippen LogP contribution in [0.2, 0.25) is 0 Å². The summed E-state index contributed by atoms with van der Waals surface area (Å²) in [6, 6.07) is 8.65. The number of nitrogens with one attached hydrogen (secondary N) is 2. The summed E-state index contributed by atoms with van der Waals surface area (Å²) in [6.45, 7) is 7.75. The number of carbonyl (C=O) groups is 2. The van der Waals surface area contributed by atoms with Crippen molar-refractivity contribution in [3.63, 3.8) is 0 Å². The van der Waals surface area contributed by atoms with Crippen LogP contribution < -0.4 is 10.6 Å². The van der Waals surface area contributed by atoms with Crippen molar-refractivity contribution in [3.8, 4) is 0 Å². The van der Waals surface area contributed by atoms with Gasteiger partial charge < -0.3 is 20.7 Å². The van der Waals surface area contributed by atoms with Crippen LogP contribution in [0.25, 0.3) is 0 Å². The predicted octanol–water partition coefficient (Wildman–Crippen LogP) is 1.30. The molecule has 0 fully saturated rings. The van der Waals surface area contributed by atoms with Crippen LogP contribution in [0.1, 0.15) is 46.1 Å². The molecule has 2 atom stereocenters. The van der Waals surface area contributed by atoms with Crippen LogP contribution in [0.15, 0.2) is 30.3 Å². The van der Waals surface area contributed by atoms with E-state index in [1.165, 1.54) is 0 Å². The van der Waals surface area contributed by atoms with Crippen molar-refractivity contribution in [1.29, 1.82) is 0 Å². The molecular weight excluding hydrogens is 331 g/mol. The number of rotatable bonds is 10. The first-order valence-corrected chi connectivity index (χ1v) is 9.18. The second-order valence-corrected chi connectivity index (χ2v) is 7.57. The smallest absolute Gasteiger partial charge is 0.426 e. The highest BCUT2D eigenvalue weighted by Crippen LogP contribution is 2.09. The summed E-state index contributed by atoms with van der Waals surface area (Å²) in [7, 11) is -1.65. The van der Waals surface area contributed by atoms with Crippen molar-refractivity contribution in [2.24, 2.45) is 11.8 Å². The molecule has 0 aliphatic heterocycles. The Balaban J connectivity index is 2.87. The molecule has 1 aromatic rings. The lowest BCUT2D eigenvalue weighted by Crippen LogP contribution is -2.55. The number of carbonyl (C=O) groups excluding carboxylic acids is 2. The Morgan fingerprint density at radius 1 is 1.00 bits per heavy atom. The average molecular weight is 362 g/mol. The van der Waals surface area contributed by atoms with E-state index in [1.807, 2.05) is 58.0 Å². The molecule has 0 bridgehead atoms. The highest BCUT2D eigenvalue weighted by atomic mass is 16.4. The first kappa shape index (κ1) is 22.2. The predicted molar refractivity (Wildman–Crippen MR) is 103 cm³/mol. The largest absolute Gasteiger partial charge is 0.475 e. The van der Waals surface area contributed by atoms with Crippen LogP contribution in [0.5, 0.6) is 0 Å². The van der Waals surface area contributed by atoms with E-state index in [2.05, 4.69) is 10.6 Å². The molecule has 0 aliphatic rings. The van der Waals surface area contributed by atoms with Crippen LogP contribution in [0, 0.1) is 11.8 Å². The molecule has 1 aromatic carbocycles. The minimum absolute atomic E-state index is 0.184. The second-order valence-electron chi connectivity index (χ2n) is 7.57. The van der Waals surface area contributed by atoms with E-state index in [4.69, 9.17) is 0 Å². The van der Waals surface area contributed by atoms with Gasteiger partial charge in [0.2, 0.25) is 11.8 Å². The summed E-state index contributed by atoms with van der Waals surface area (Å²) in [6.07, 6.45) is 1.10. The van der Waals surface area contributed by atoms with E-state index in [9.17, 15) is 19.6 Å². The second kappa shape index (κ2) is 11.0. The Bertz CT molecular complexity index is 564. The lowest BCUT2D eigenvalue weighted by Gasteiger charge is -2.24. The topological polar surface area (TPSA) is 98.7 Å². The van der Waals surface area contributed by atoms with E-state index >= 15 is 0 Å². The molecule has 26 heavy (non-hydrogen) atoms. The quantitative estimate of drug-likeness (QED) is 0.472. The van der Waals surface area contributed by atoms with E-state index in [-0.39, 0.29) is 17.7 Å². The molecule has 0 saturated heterocycles. The van der Waals surface area contributed by atoms with Crippen molar-refractivity contribution in [3.05, 3.63) is 35.9 Å². The van der Waals surface area contributed by atoms with Crippen molar-refractivity contribution in [2.45, 2.75) is 58.9 Å². The summed E-state index contributed by atoms with van der Waals surface area (Å²) >= 11 is 0. The maximum absolute atomic E-state index is 12.7. The maximum Gasteiger partial charge on any atom is 0.475 e. The number of amides is 2. The highest BCUT2D eigenvalue weighted by molar-refractivity contribution is 6.43. The summed E-state index contributed by atoms with van der Waals surface area (Å²) in [5.41, 5.74) is 0.919. The molecule has 0 radical (unpaired) electrons. The fourth-order valence-electron chi connectivity index (χ4n) is 2.73. The molecule has 4 N–H and O–H groups in total. The molecule has 0 unspecified atom stereocenters. The zero-order chi connectivity index (χ0) is 19.7. The van der Waals surface area contributed by atoms with Gasteiger partial charge in [-0.25, -0.2) is 0 Å². The number of hydrogen-bond donors (Lipinski definition) is 4. The average Bonchev–Trinajstić information content (AvgIpc) is 2.53. The third-order valence-electron chi connectivity index (χ3n) is 3.94. The normalized spacial score (nSPS) is 13.4. The van der Waals surface area contributed by atoms with Gasteiger partial charge in [-0.3, -0.25) is 9.59 Å². The summed E-state index contributed by atoms with van der Waals surface area (Å²) in [5, 5.41) is 24.5. The van der Waals surface area contributed by atoms with Gasteiger partial charge in [-0.15, -0.1) is 0 Å². The molecule has 144 valence electrons. The Morgan fingerprint density at radius 2 is 1.62 bits per heavy atom. The molecule has 7 heteroatoms. The van der Waals surface area contributed by atoms with Crippen LogP contribution in [-0.4, -0.2) is 41.0 Å². The SMILES string of the molecule is CC(C)CC(=O)N[C@@H](Cc1ccccc1)C(=O)N[C@@H](CC(C)C)B(O)O. The van der Waals surface area contributed by atoms with Crippen molar-refractivity contribution < 1.29 is 19.6 Å². The Morgan fingerprint density at radius 3 is 2.12 bits per heavy atom. The van der Waals surface area contributed by atoms with Crippen LogP contribution in [0.4, 0.5) is 0 Å². The minimum Gasteiger partial charge on any atom is -0.426 e. The van der Waals surface area contributed by atoms with Gasteiger partial charge in [0, 0.05) is 12.8 Å². The molecule has 0 heterocycles. The molecular formula is C19H31BN2O4. The van der Waals surface area contributed by atoms with Crippen LogP contribution in [-0.2, 0) is 16.0 Å². The third kappa shape index (κ3) is 8.49. The molecule has 6 nitrogen and oxygen atoms in total. The number of hydrogen-bond acceptors (Lipinski definition) is 4. The molecule has 0 aliphatic carbocycles. The maximum atomic E-state index is 12.7. The van der Waals surface area contributed by atoms with E-state index < -0.39 is 25.0 Å². The summed E-state index contributed by atoms with van der Waals surface area (Å²) < 4.78 is 0. The van der Waals surface area contributed by atoms with Crippen LogP contribution in [0.3, 0.4) is 0 Å². The van der Waals surface area contributed by atoms with Crippen molar-refractivity contribution in [1.82, 2.24) is 10.6 Å². The fraction of sp³-hybridized carbons (Fsp3) is 0.579. The minimum atomic E-state index is -1.65. The summed E-state index contributed by atoms with van der Waals surface area (Å²) in [4.78, 5) is 24.9. The highest BCUT2D eigenvalue weighted by Gasteiger charge is 2.30. The lowest BCUT2D eigenvalue weighted by atomic mass is 9.75. The Kier molecular flexibility index (Phi) is 9.37. The monoisotopic (exact) mass is 362 g/mol. The van der Waals surface area contributed by atoms with E-state index in [0.29, 0.717) is 19.3 Å². The standard InChI is InChI=1S/C19H31BN2O4/c1-13(2)10-17(20(25)26)22-19(24)16(21-18(23)11-14(3)4)12-15-8-6-5-7-9-15/h5-9,13-14,16-17,25-26H,10-12H2,1-4H3,(H,21,23)(H,22,24)/t16-,17-/m0/s1. The zero-order valence-corrected chi connectivity index (χ0v) is 16.1. The number of benzene rings is 1. The first-order chi connectivity index (χ1) is 12.2. The van der Waals surface area contributed by atoms with Crippen molar-refractivity contribution in [2.75, 3.05) is 0 Å².